The van der Waals surface area contributed by atoms with Gasteiger partial charge in [0.2, 0.25) is 0 Å². The standard InChI is InChI=1S/C17H14ClN3O2/c18-12-7-11(8-15-17(12)23-6-5-22-15)9-20-16-10-19-13-3-1-2-4-14(13)21-16/h1-4,7-8,10H,5-6,9H2,(H,20,21). The minimum atomic E-state index is 0.525. The lowest BCUT2D eigenvalue weighted by Gasteiger charge is -2.20. The maximum Gasteiger partial charge on any atom is 0.179 e. The summed E-state index contributed by atoms with van der Waals surface area (Å²) < 4.78 is 11.1. The average Bonchev–Trinajstić information content (AvgIpc) is 2.60. The first-order chi connectivity index (χ1) is 11.3. The molecule has 1 N–H and O–H groups in total. The molecule has 0 unspecified atom stereocenters. The van der Waals surface area contributed by atoms with Gasteiger partial charge in [0, 0.05) is 6.54 Å². The molecular formula is C17H14ClN3O2. The Hall–Kier alpha value is -2.53. The number of para-hydroxylation sites is 2. The fourth-order valence-electron chi connectivity index (χ4n) is 2.50. The van der Waals surface area contributed by atoms with Crippen molar-refractivity contribution in [3.63, 3.8) is 0 Å². The van der Waals surface area contributed by atoms with Crippen LogP contribution in [-0.4, -0.2) is 23.2 Å². The van der Waals surface area contributed by atoms with Crippen LogP contribution in [0.15, 0.2) is 42.6 Å². The summed E-state index contributed by atoms with van der Waals surface area (Å²) in [6, 6.07) is 11.6. The number of rotatable bonds is 3. The van der Waals surface area contributed by atoms with Gasteiger partial charge in [-0.15, -0.1) is 0 Å². The number of halogens is 1. The first-order valence-electron chi connectivity index (χ1n) is 7.33. The second-order valence-corrected chi connectivity index (χ2v) is 5.61. The van der Waals surface area contributed by atoms with Gasteiger partial charge in [-0.1, -0.05) is 23.7 Å². The van der Waals surface area contributed by atoms with E-state index >= 15 is 0 Å². The summed E-state index contributed by atoms with van der Waals surface area (Å²) in [5, 5.41) is 3.82. The van der Waals surface area contributed by atoms with Crippen LogP contribution >= 0.6 is 11.6 Å². The lowest BCUT2D eigenvalue weighted by atomic mass is 10.2. The van der Waals surface area contributed by atoms with E-state index in [1.165, 1.54) is 0 Å². The molecule has 0 bridgehead atoms. The van der Waals surface area contributed by atoms with Gasteiger partial charge in [-0.2, -0.15) is 0 Å². The number of ether oxygens (including phenoxy) is 2. The van der Waals surface area contributed by atoms with E-state index in [4.69, 9.17) is 21.1 Å². The Balaban J connectivity index is 1.55. The molecule has 2 aromatic carbocycles. The molecule has 5 nitrogen and oxygen atoms in total. The van der Waals surface area contributed by atoms with Crippen molar-refractivity contribution in [3.05, 3.63) is 53.2 Å². The smallest absolute Gasteiger partial charge is 0.179 e. The normalized spacial score (nSPS) is 13.1. The summed E-state index contributed by atoms with van der Waals surface area (Å²) in [5.41, 5.74) is 2.73. The monoisotopic (exact) mass is 327 g/mol. The van der Waals surface area contributed by atoms with Crippen molar-refractivity contribution in [1.82, 2.24) is 9.97 Å². The molecule has 4 rings (SSSR count). The van der Waals surface area contributed by atoms with Crippen LogP contribution in [0.5, 0.6) is 11.5 Å². The Morgan fingerprint density at radius 1 is 1.09 bits per heavy atom. The van der Waals surface area contributed by atoms with Crippen molar-refractivity contribution < 1.29 is 9.47 Å². The van der Waals surface area contributed by atoms with Crippen molar-refractivity contribution >= 4 is 28.5 Å². The summed E-state index contributed by atoms with van der Waals surface area (Å²) in [4.78, 5) is 8.92. The molecule has 3 aromatic rings. The van der Waals surface area contributed by atoms with Crippen LogP contribution in [-0.2, 0) is 6.54 Å². The topological polar surface area (TPSA) is 56.3 Å². The largest absolute Gasteiger partial charge is 0.486 e. The summed E-state index contributed by atoms with van der Waals surface area (Å²) in [5.74, 6) is 2.02. The van der Waals surface area contributed by atoms with Gasteiger partial charge < -0.3 is 14.8 Å². The number of anilines is 1. The zero-order valence-electron chi connectivity index (χ0n) is 12.3. The summed E-state index contributed by atoms with van der Waals surface area (Å²) in [6.45, 7) is 1.64. The number of hydrogen-bond acceptors (Lipinski definition) is 5. The van der Waals surface area contributed by atoms with Crippen LogP contribution < -0.4 is 14.8 Å². The number of benzene rings is 2. The number of fused-ring (bicyclic) bond motifs is 2. The van der Waals surface area contributed by atoms with Crippen molar-refractivity contribution in [3.8, 4) is 11.5 Å². The lowest BCUT2D eigenvalue weighted by Crippen LogP contribution is -2.16. The van der Waals surface area contributed by atoms with Gasteiger partial charge in [0.1, 0.15) is 19.0 Å². The zero-order chi connectivity index (χ0) is 15.6. The van der Waals surface area contributed by atoms with E-state index in [0.717, 1.165) is 22.4 Å². The second kappa shape index (κ2) is 5.93. The Kier molecular flexibility index (Phi) is 3.63. The molecule has 6 heteroatoms. The van der Waals surface area contributed by atoms with Gasteiger partial charge in [0.15, 0.2) is 11.5 Å². The molecule has 0 aliphatic carbocycles. The number of nitrogens with zero attached hydrogens (tertiary/aromatic N) is 2. The van der Waals surface area contributed by atoms with E-state index in [1.807, 2.05) is 36.4 Å². The zero-order valence-corrected chi connectivity index (χ0v) is 13.0. The average molecular weight is 328 g/mol. The first-order valence-corrected chi connectivity index (χ1v) is 7.71. The molecule has 0 radical (unpaired) electrons. The van der Waals surface area contributed by atoms with Crippen LogP contribution in [0.2, 0.25) is 5.02 Å². The van der Waals surface area contributed by atoms with Gasteiger partial charge in [-0.25, -0.2) is 4.98 Å². The number of aromatic nitrogens is 2. The predicted octanol–water partition coefficient (Wildman–Crippen LogP) is 3.67. The van der Waals surface area contributed by atoms with E-state index in [9.17, 15) is 0 Å². The molecule has 0 fully saturated rings. The molecule has 116 valence electrons. The maximum atomic E-state index is 6.25. The van der Waals surface area contributed by atoms with E-state index in [2.05, 4.69) is 15.3 Å². The number of nitrogens with one attached hydrogen (secondary N) is 1. The van der Waals surface area contributed by atoms with Crippen LogP contribution in [0.25, 0.3) is 11.0 Å². The van der Waals surface area contributed by atoms with E-state index in [-0.39, 0.29) is 0 Å². The maximum absolute atomic E-state index is 6.25. The molecular weight excluding hydrogens is 314 g/mol. The Morgan fingerprint density at radius 3 is 2.83 bits per heavy atom. The van der Waals surface area contributed by atoms with Crippen LogP contribution in [0.1, 0.15) is 5.56 Å². The minimum absolute atomic E-state index is 0.525. The third-order valence-corrected chi connectivity index (χ3v) is 3.86. The summed E-state index contributed by atoms with van der Waals surface area (Å²) in [6.07, 6.45) is 1.72. The molecule has 1 aromatic heterocycles. The third-order valence-electron chi connectivity index (χ3n) is 3.58. The molecule has 0 saturated heterocycles. The van der Waals surface area contributed by atoms with E-state index in [1.54, 1.807) is 6.20 Å². The molecule has 23 heavy (non-hydrogen) atoms. The van der Waals surface area contributed by atoms with Gasteiger partial charge in [-0.05, 0) is 29.8 Å². The predicted molar refractivity (Wildman–Crippen MR) is 89.3 cm³/mol. The molecule has 2 heterocycles. The number of hydrogen-bond donors (Lipinski definition) is 1. The van der Waals surface area contributed by atoms with E-state index < -0.39 is 0 Å². The van der Waals surface area contributed by atoms with Gasteiger partial charge >= 0.3 is 0 Å². The fourth-order valence-corrected chi connectivity index (χ4v) is 2.79. The summed E-state index contributed by atoms with van der Waals surface area (Å²) in [7, 11) is 0. The highest BCUT2D eigenvalue weighted by atomic mass is 35.5. The van der Waals surface area contributed by atoms with Crippen molar-refractivity contribution in [2.45, 2.75) is 6.54 Å². The highest BCUT2D eigenvalue weighted by Gasteiger charge is 2.16. The molecule has 1 aliphatic rings. The quantitative estimate of drug-likeness (QED) is 0.795. The third kappa shape index (κ3) is 2.87. The first kappa shape index (κ1) is 14.1. The highest BCUT2D eigenvalue weighted by molar-refractivity contribution is 6.32. The molecule has 1 aliphatic heterocycles. The fraction of sp³-hybridized carbons (Fsp3) is 0.176. The van der Waals surface area contributed by atoms with Crippen LogP contribution in [0.3, 0.4) is 0 Å². The van der Waals surface area contributed by atoms with Crippen molar-refractivity contribution in [1.29, 1.82) is 0 Å². The van der Waals surface area contributed by atoms with Crippen LogP contribution in [0, 0.1) is 0 Å². The summed E-state index contributed by atoms with van der Waals surface area (Å²) >= 11 is 6.25. The molecule has 0 saturated carbocycles. The molecule has 0 atom stereocenters. The second-order valence-electron chi connectivity index (χ2n) is 5.20. The Labute approximate surface area is 138 Å². The molecule has 0 spiro atoms. The van der Waals surface area contributed by atoms with Crippen LogP contribution in [0.4, 0.5) is 5.82 Å². The minimum Gasteiger partial charge on any atom is -0.486 e. The SMILES string of the molecule is Clc1cc(CNc2cnc3ccccc3n2)cc2c1OCCO2. The molecule has 0 amide bonds. The Bertz CT molecular complexity index is 870. The Morgan fingerprint density at radius 2 is 1.91 bits per heavy atom. The van der Waals surface area contributed by atoms with Crippen molar-refractivity contribution in [2.75, 3.05) is 18.5 Å². The van der Waals surface area contributed by atoms with E-state index in [0.29, 0.717) is 36.3 Å². The van der Waals surface area contributed by atoms with Gasteiger partial charge in [0.25, 0.3) is 0 Å². The van der Waals surface area contributed by atoms with Crippen molar-refractivity contribution in [2.24, 2.45) is 0 Å². The lowest BCUT2D eigenvalue weighted by molar-refractivity contribution is 0.171. The van der Waals surface area contributed by atoms with Gasteiger partial charge in [0.05, 0.1) is 22.3 Å². The van der Waals surface area contributed by atoms with Gasteiger partial charge in [-0.3, -0.25) is 4.98 Å². The highest BCUT2D eigenvalue weighted by Crippen LogP contribution is 2.38.